The first-order valence-electron chi connectivity index (χ1n) is 6.62. The van der Waals surface area contributed by atoms with Crippen LogP contribution in [-0.4, -0.2) is 23.6 Å². The van der Waals surface area contributed by atoms with Gasteiger partial charge in [0.25, 0.3) is 0 Å². The number of pyridine rings is 1. The van der Waals surface area contributed by atoms with Gasteiger partial charge in [-0.2, -0.15) is 0 Å². The van der Waals surface area contributed by atoms with Crippen LogP contribution in [0.1, 0.15) is 33.3 Å². The molecule has 0 aliphatic carbocycles. The minimum atomic E-state index is 0. The molecular weight excluding hydrogens is 367 g/mol. The molecule has 0 aromatic carbocycles. The quantitative estimate of drug-likeness (QED) is 0.444. The molecule has 0 aliphatic rings. The fraction of sp³-hybridized carbons (Fsp3) is 0.571. The third-order valence-electron chi connectivity index (χ3n) is 2.28. The van der Waals surface area contributed by atoms with Gasteiger partial charge in [0.2, 0.25) is 5.88 Å². The maximum atomic E-state index is 5.76. The Morgan fingerprint density at radius 1 is 1.35 bits per heavy atom. The van der Waals surface area contributed by atoms with Crippen molar-refractivity contribution in [1.82, 2.24) is 10.3 Å². The predicted octanol–water partition coefficient (Wildman–Crippen LogP) is 2.55. The molecule has 20 heavy (non-hydrogen) atoms. The summed E-state index contributed by atoms with van der Waals surface area (Å²) in [6.45, 7) is 9.54. The van der Waals surface area contributed by atoms with E-state index in [2.05, 4.69) is 29.1 Å². The molecule has 0 bridgehead atoms. The molecule has 3 N–H and O–H groups in total. The van der Waals surface area contributed by atoms with E-state index in [1.54, 1.807) is 6.20 Å². The van der Waals surface area contributed by atoms with Gasteiger partial charge in [-0.25, -0.2) is 9.98 Å². The lowest BCUT2D eigenvalue weighted by atomic mass is 10.2. The third-order valence-corrected chi connectivity index (χ3v) is 2.28. The van der Waals surface area contributed by atoms with Gasteiger partial charge >= 0.3 is 0 Å². The molecule has 0 radical (unpaired) electrons. The fourth-order valence-electron chi connectivity index (χ4n) is 1.36. The van der Waals surface area contributed by atoms with Gasteiger partial charge in [-0.15, -0.1) is 24.0 Å². The van der Waals surface area contributed by atoms with Gasteiger partial charge in [-0.05, 0) is 25.3 Å². The summed E-state index contributed by atoms with van der Waals surface area (Å²) in [7, 11) is 0. The maximum Gasteiger partial charge on any atom is 0.213 e. The molecule has 114 valence electrons. The average molecular weight is 392 g/mol. The second kappa shape index (κ2) is 9.79. The monoisotopic (exact) mass is 392 g/mol. The first kappa shape index (κ1) is 18.9. The van der Waals surface area contributed by atoms with E-state index in [-0.39, 0.29) is 30.1 Å². The number of guanidine groups is 1. The van der Waals surface area contributed by atoms with Crippen LogP contribution in [-0.2, 0) is 6.54 Å². The van der Waals surface area contributed by atoms with Crippen molar-refractivity contribution in [2.75, 3.05) is 6.54 Å². The normalized spacial score (nSPS) is 11.4. The van der Waals surface area contributed by atoms with Crippen molar-refractivity contribution in [3.8, 4) is 5.88 Å². The molecular formula is C14H25IN4O. The molecule has 0 saturated heterocycles. The highest BCUT2D eigenvalue weighted by molar-refractivity contribution is 14.0. The van der Waals surface area contributed by atoms with Crippen molar-refractivity contribution >= 4 is 29.9 Å². The Kier molecular flexibility index (Phi) is 9.28. The zero-order chi connectivity index (χ0) is 14.3. The Morgan fingerprint density at radius 3 is 2.55 bits per heavy atom. The third kappa shape index (κ3) is 8.19. The van der Waals surface area contributed by atoms with Gasteiger partial charge in [0.15, 0.2) is 5.96 Å². The molecule has 1 rings (SSSR count). The van der Waals surface area contributed by atoms with Crippen LogP contribution < -0.4 is 15.8 Å². The van der Waals surface area contributed by atoms with E-state index in [4.69, 9.17) is 10.5 Å². The molecule has 1 aromatic heterocycles. The van der Waals surface area contributed by atoms with E-state index in [0.29, 0.717) is 24.3 Å². The highest BCUT2D eigenvalue weighted by Crippen LogP contribution is 2.10. The second-order valence-corrected chi connectivity index (χ2v) is 5.15. The fourth-order valence-corrected chi connectivity index (χ4v) is 1.36. The van der Waals surface area contributed by atoms with Crippen molar-refractivity contribution in [3.63, 3.8) is 0 Å². The van der Waals surface area contributed by atoms with Crippen molar-refractivity contribution in [3.05, 3.63) is 23.9 Å². The largest absolute Gasteiger partial charge is 0.475 e. The van der Waals surface area contributed by atoms with Crippen molar-refractivity contribution < 1.29 is 4.74 Å². The molecule has 0 saturated carbocycles. The lowest BCUT2D eigenvalue weighted by molar-refractivity contribution is 0.232. The van der Waals surface area contributed by atoms with E-state index in [1.165, 1.54) is 0 Å². The summed E-state index contributed by atoms with van der Waals surface area (Å²) >= 11 is 0. The number of halogens is 1. The standard InChI is InChI=1S/C14H24N4O.HI/c1-10(2)7-17-14(15)18-9-12-5-6-13(16-8-12)19-11(3)4;/h5-6,8,10-11H,7,9H2,1-4H3,(H3,15,17,18);1H. The minimum absolute atomic E-state index is 0. The Balaban J connectivity index is 0.00000361. The summed E-state index contributed by atoms with van der Waals surface area (Å²) in [6.07, 6.45) is 1.89. The number of nitrogens with zero attached hydrogens (tertiary/aromatic N) is 2. The van der Waals surface area contributed by atoms with Gasteiger partial charge < -0.3 is 15.8 Å². The number of hydrogen-bond donors (Lipinski definition) is 2. The van der Waals surface area contributed by atoms with Gasteiger partial charge in [-0.3, -0.25) is 0 Å². The summed E-state index contributed by atoms with van der Waals surface area (Å²) in [5.41, 5.74) is 6.76. The molecule has 0 amide bonds. The Bertz CT molecular complexity index is 404. The number of ether oxygens (including phenoxy) is 1. The lowest BCUT2D eigenvalue weighted by Gasteiger charge is -2.09. The Morgan fingerprint density at radius 2 is 2.05 bits per heavy atom. The van der Waals surface area contributed by atoms with Crippen LogP contribution in [0, 0.1) is 5.92 Å². The van der Waals surface area contributed by atoms with E-state index < -0.39 is 0 Å². The van der Waals surface area contributed by atoms with Gasteiger partial charge in [-0.1, -0.05) is 19.9 Å². The molecule has 0 atom stereocenters. The highest BCUT2D eigenvalue weighted by atomic mass is 127. The molecule has 0 spiro atoms. The van der Waals surface area contributed by atoms with Crippen LogP contribution in [0.25, 0.3) is 0 Å². The van der Waals surface area contributed by atoms with E-state index in [9.17, 15) is 0 Å². The highest BCUT2D eigenvalue weighted by Gasteiger charge is 2.00. The smallest absolute Gasteiger partial charge is 0.213 e. The molecule has 0 unspecified atom stereocenters. The topological polar surface area (TPSA) is 72.5 Å². The second-order valence-electron chi connectivity index (χ2n) is 5.15. The zero-order valence-corrected chi connectivity index (χ0v) is 14.9. The zero-order valence-electron chi connectivity index (χ0n) is 12.6. The first-order valence-corrected chi connectivity index (χ1v) is 6.62. The van der Waals surface area contributed by atoms with Crippen molar-refractivity contribution in [1.29, 1.82) is 0 Å². The SMILES string of the molecule is CC(C)CNC(N)=NCc1ccc(OC(C)C)nc1.I. The number of aliphatic imine (C=N–C) groups is 1. The van der Waals surface area contributed by atoms with E-state index in [1.807, 2.05) is 26.0 Å². The van der Waals surface area contributed by atoms with Crippen molar-refractivity contribution in [2.24, 2.45) is 16.6 Å². The summed E-state index contributed by atoms with van der Waals surface area (Å²) in [5.74, 6) is 1.65. The van der Waals surface area contributed by atoms with Crippen LogP contribution >= 0.6 is 24.0 Å². The first-order chi connectivity index (χ1) is 8.97. The van der Waals surface area contributed by atoms with Crippen molar-refractivity contribution in [2.45, 2.75) is 40.3 Å². The lowest BCUT2D eigenvalue weighted by Crippen LogP contribution is -2.34. The maximum absolute atomic E-state index is 5.76. The number of hydrogen-bond acceptors (Lipinski definition) is 3. The summed E-state index contributed by atoms with van der Waals surface area (Å²) in [5, 5.41) is 3.07. The van der Waals surface area contributed by atoms with E-state index in [0.717, 1.165) is 12.1 Å². The number of nitrogens with two attached hydrogens (primary N) is 1. The summed E-state index contributed by atoms with van der Waals surface area (Å²) in [4.78, 5) is 8.48. The van der Waals surface area contributed by atoms with Gasteiger partial charge in [0, 0.05) is 18.8 Å². The number of rotatable bonds is 6. The van der Waals surface area contributed by atoms with E-state index >= 15 is 0 Å². The number of nitrogens with one attached hydrogen (secondary N) is 1. The minimum Gasteiger partial charge on any atom is -0.475 e. The Hall–Kier alpha value is -1.05. The van der Waals surface area contributed by atoms with Crippen LogP contribution in [0.15, 0.2) is 23.3 Å². The van der Waals surface area contributed by atoms with Gasteiger partial charge in [0.1, 0.15) is 0 Å². The molecule has 0 fully saturated rings. The Labute approximate surface area is 138 Å². The average Bonchev–Trinajstić information content (AvgIpc) is 2.35. The predicted molar refractivity (Wildman–Crippen MR) is 93.6 cm³/mol. The van der Waals surface area contributed by atoms with Crippen LogP contribution in [0.2, 0.25) is 0 Å². The van der Waals surface area contributed by atoms with Crippen LogP contribution in [0.3, 0.4) is 0 Å². The summed E-state index contributed by atoms with van der Waals surface area (Å²) < 4.78 is 5.48. The van der Waals surface area contributed by atoms with Crippen LogP contribution in [0.4, 0.5) is 0 Å². The molecule has 6 heteroatoms. The summed E-state index contributed by atoms with van der Waals surface area (Å²) in [6, 6.07) is 3.80. The molecule has 0 aliphatic heterocycles. The molecule has 1 aromatic rings. The number of aromatic nitrogens is 1. The van der Waals surface area contributed by atoms with Crippen LogP contribution in [0.5, 0.6) is 5.88 Å². The molecule has 1 heterocycles. The van der Waals surface area contributed by atoms with Gasteiger partial charge in [0.05, 0.1) is 12.6 Å². The molecule has 5 nitrogen and oxygen atoms in total.